The summed E-state index contributed by atoms with van der Waals surface area (Å²) in [6.45, 7) is 0. The summed E-state index contributed by atoms with van der Waals surface area (Å²) < 4.78 is 116. The summed E-state index contributed by atoms with van der Waals surface area (Å²) >= 11 is 5.90. The molecule has 1 heterocycles. The zero-order valence-corrected chi connectivity index (χ0v) is 20.3. The van der Waals surface area contributed by atoms with Crippen molar-refractivity contribution < 1.29 is 49.0 Å². The Morgan fingerprint density at radius 1 is 1.08 bits per heavy atom. The number of ether oxygens (including phenoxy) is 3. The van der Waals surface area contributed by atoms with E-state index in [-0.39, 0.29) is 17.1 Å². The van der Waals surface area contributed by atoms with Gasteiger partial charge in [-0.15, -0.1) is 13.2 Å². The first kappa shape index (κ1) is 28.6. The van der Waals surface area contributed by atoms with Gasteiger partial charge in [0, 0.05) is 11.8 Å². The number of halogens is 7. The number of pyridine rings is 1. The molecule has 0 spiro atoms. The second-order valence-electron chi connectivity index (χ2n) is 7.13. The molecular formula is C23H13ClF6N2O5S. The number of nitrogens with zero attached hydrogens (tertiary/aromatic N) is 2. The quantitative estimate of drug-likeness (QED) is 0.225. The second kappa shape index (κ2) is 10.8. The predicted molar refractivity (Wildman–Crippen MR) is 121 cm³/mol. The van der Waals surface area contributed by atoms with Crippen LogP contribution >= 0.6 is 11.6 Å². The summed E-state index contributed by atoms with van der Waals surface area (Å²) in [6.07, 6.45) is -8.36. The lowest BCUT2D eigenvalue weighted by Crippen LogP contribution is -2.17. The zero-order valence-electron chi connectivity index (χ0n) is 18.8. The minimum Gasteiger partial charge on any atom is -0.493 e. The second-order valence-corrected chi connectivity index (χ2v) is 9.46. The van der Waals surface area contributed by atoms with Crippen molar-refractivity contribution in [3.63, 3.8) is 0 Å². The Hall–Kier alpha value is -3.96. The fourth-order valence-corrected chi connectivity index (χ4v) is 4.28. The highest BCUT2D eigenvalue weighted by Crippen LogP contribution is 2.40. The maximum absolute atomic E-state index is 13.0. The van der Waals surface area contributed by atoms with Crippen LogP contribution < -0.4 is 14.2 Å². The Balaban J connectivity index is 2.04. The summed E-state index contributed by atoms with van der Waals surface area (Å²) in [6, 6.07) is 9.32. The van der Waals surface area contributed by atoms with Crippen molar-refractivity contribution in [3.8, 4) is 29.2 Å². The molecule has 7 nitrogen and oxygen atoms in total. The standard InChI is InChI=1S/C23H13ClF6N2O5S/c1-35-19-4-2-3-13(20(19)36-21-18(24)10-14(12-32-21)22(25,26)27)9-17(11-31)38(33,34)16-7-5-15(6-8-16)37-23(28,29)30/h2-10,12H,1H3/b17-9+. The van der Waals surface area contributed by atoms with E-state index in [1.807, 2.05) is 0 Å². The molecule has 0 saturated heterocycles. The van der Waals surface area contributed by atoms with Crippen molar-refractivity contribution >= 4 is 27.5 Å². The molecule has 0 amide bonds. The molecule has 3 aromatic rings. The molecule has 0 aliphatic carbocycles. The van der Waals surface area contributed by atoms with E-state index in [0.717, 1.165) is 30.3 Å². The van der Waals surface area contributed by atoms with E-state index in [1.54, 1.807) is 0 Å². The van der Waals surface area contributed by atoms with Crippen LogP contribution in [0.1, 0.15) is 11.1 Å². The highest BCUT2D eigenvalue weighted by atomic mass is 35.5. The van der Waals surface area contributed by atoms with Gasteiger partial charge in [0.25, 0.3) is 0 Å². The van der Waals surface area contributed by atoms with Gasteiger partial charge in [-0.3, -0.25) is 0 Å². The number of hydrogen-bond donors (Lipinski definition) is 0. The molecule has 2 aromatic carbocycles. The van der Waals surface area contributed by atoms with Gasteiger partial charge < -0.3 is 14.2 Å². The molecule has 1 aromatic heterocycles. The van der Waals surface area contributed by atoms with Gasteiger partial charge in [-0.2, -0.15) is 18.4 Å². The summed E-state index contributed by atoms with van der Waals surface area (Å²) in [5.74, 6) is -1.40. The first-order valence-electron chi connectivity index (χ1n) is 9.96. The molecule has 3 rings (SSSR count). The normalized spacial score (nSPS) is 12.6. The van der Waals surface area contributed by atoms with Crippen molar-refractivity contribution in [1.82, 2.24) is 4.98 Å². The van der Waals surface area contributed by atoms with Gasteiger partial charge in [0.05, 0.1) is 17.6 Å². The summed E-state index contributed by atoms with van der Waals surface area (Å²) in [7, 11) is -3.32. The van der Waals surface area contributed by atoms with Crippen molar-refractivity contribution in [2.24, 2.45) is 0 Å². The Labute approximate surface area is 216 Å². The number of sulfone groups is 1. The van der Waals surface area contributed by atoms with Crippen LogP contribution in [0, 0.1) is 11.3 Å². The smallest absolute Gasteiger partial charge is 0.493 e. The van der Waals surface area contributed by atoms with Crippen molar-refractivity contribution in [2.45, 2.75) is 17.4 Å². The minimum atomic E-state index is -4.99. The van der Waals surface area contributed by atoms with E-state index in [9.17, 15) is 40.0 Å². The number of methoxy groups -OCH3 is 1. The van der Waals surface area contributed by atoms with Gasteiger partial charge >= 0.3 is 12.5 Å². The van der Waals surface area contributed by atoms with Crippen LogP contribution in [0.5, 0.6) is 23.1 Å². The van der Waals surface area contributed by atoms with Gasteiger partial charge in [0.2, 0.25) is 15.7 Å². The van der Waals surface area contributed by atoms with Crippen LogP contribution in [0.25, 0.3) is 6.08 Å². The Bertz CT molecular complexity index is 1520. The first-order valence-corrected chi connectivity index (χ1v) is 11.8. The van der Waals surface area contributed by atoms with E-state index in [1.165, 1.54) is 31.4 Å². The molecule has 0 fully saturated rings. The van der Waals surface area contributed by atoms with Crippen LogP contribution in [0.15, 0.2) is 64.5 Å². The SMILES string of the molecule is COc1cccc(/C=C(\C#N)S(=O)(=O)c2ccc(OC(F)(F)F)cc2)c1Oc1ncc(C(F)(F)F)cc1Cl. The number of hydrogen-bond acceptors (Lipinski definition) is 7. The van der Waals surface area contributed by atoms with E-state index in [4.69, 9.17) is 21.1 Å². The summed E-state index contributed by atoms with van der Waals surface area (Å²) in [4.78, 5) is 2.20. The monoisotopic (exact) mass is 578 g/mol. The van der Waals surface area contributed by atoms with Gasteiger partial charge in [0.15, 0.2) is 11.5 Å². The van der Waals surface area contributed by atoms with Crippen LogP contribution in [0.4, 0.5) is 26.3 Å². The molecule has 0 N–H and O–H groups in total. The molecule has 0 bridgehead atoms. The number of para-hydroxylation sites is 1. The van der Waals surface area contributed by atoms with Crippen molar-refractivity contribution in [2.75, 3.05) is 7.11 Å². The maximum atomic E-state index is 13.0. The molecule has 0 aliphatic rings. The average Bonchev–Trinajstić information content (AvgIpc) is 2.82. The fraction of sp³-hybridized carbons (Fsp3) is 0.130. The van der Waals surface area contributed by atoms with Gasteiger partial charge in [-0.25, -0.2) is 13.4 Å². The van der Waals surface area contributed by atoms with Gasteiger partial charge in [-0.05, 0) is 42.5 Å². The third-order valence-corrected chi connectivity index (χ3v) is 6.57. The molecule has 0 radical (unpaired) electrons. The molecule has 38 heavy (non-hydrogen) atoms. The minimum absolute atomic E-state index is 0.0140. The Morgan fingerprint density at radius 2 is 1.74 bits per heavy atom. The highest BCUT2D eigenvalue weighted by molar-refractivity contribution is 7.95. The first-order chi connectivity index (χ1) is 17.7. The van der Waals surface area contributed by atoms with Gasteiger partial charge in [-0.1, -0.05) is 23.7 Å². The predicted octanol–water partition coefficient (Wildman–Crippen LogP) is 6.79. The van der Waals surface area contributed by atoms with Crippen LogP contribution in [-0.2, 0) is 16.0 Å². The van der Waals surface area contributed by atoms with E-state index in [2.05, 4.69) is 9.72 Å². The van der Waals surface area contributed by atoms with Crippen molar-refractivity contribution in [1.29, 1.82) is 5.26 Å². The van der Waals surface area contributed by atoms with Gasteiger partial charge in [0.1, 0.15) is 21.7 Å². The van der Waals surface area contributed by atoms with E-state index < -0.39 is 54.4 Å². The van der Waals surface area contributed by atoms with Crippen molar-refractivity contribution in [3.05, 3.63) is 75.8 Å². The third-order valence-electron chi connectivity index (χ3n) is 4.62. The molecular weight excluding hydrogens is 566 g/mol. The highest BCUT2D eigenvalue weighted by Gasteiger charge is 2.33. The maximum Gasteiger partial charge on any atom is 0.573 e. The largest absolute Gasteiger partial charge is 0.573 e. The number of rotatable bonds is 7. The number of benzene rings is 2. The fourth-order valence-electron chi connectivity index (χ4n) is 2.93. The number of aromatic nitrogens is 1. The Morgan fingerprint density at radius 3 is 2.26 bits per heavy atom. The summed E-state index contributed by atoms with van der Waals surface area (Å²) in [5, 5.41) is 9.05. The van der Waals surface area contributed by atoms with Crippen LogP contribution in [0.3, 0.4) is 0 Å². The molecule has 0 atom stereocenters. The topological polar surface area (TPSA) is 98.5 Å². The molecule has 200 valence electrons. The average molecular weight is 579 g/mol. The third kappa shape index (κ3) is 6.67. The number of nitriles is 1. The number of alkyl halides is 6. The lowest BCUT2D eigenvalue weighted by Gasteiger charge is -2.14. The molecule has 0 unspecified atom stereocenters. The molecule has 15 heteroatoms. The zero-order chi connectivity index (χ0) is 28.3. The van der Waals surface area contributed by atoms with E-state index >= 15 is 0 Å². The van der Waals surface area contributed by atoms with Crippen LogP contribution in [-0.4, -0.2) is 26.9 Å². The van der Waals surface area contributed by atoms with E-state index in [0.29, 0.717) is 12.3 Å². The van der Waals surface area contributed by atoms with Crippen LogP contribution in [0.2, 0.25) is 5.02 Å². The molecule has 0 aliphatic heterocycles. The summed E-state index contributed by atoms with van der Waals surface area (Å²) in [5.41, 5.74) is -1.21. The Kier molecular flexibility index (Phi) is 8.13. The lowest BCUT2D eigenvalue weighted by atomic mass is 10.1. The molecule has 0 saturated carbocycles. The number of allylic oxidation sites excluding steroid dienone is 1. The lowest BCUT2D eigenvalue weighted by molar-refractivity contribution is -0.274.